The van der Waals surface area contributed by atoms with Crippen molar-refractivity contribution in [1.29, 1.82) is 0 Å². The minimum Gasteiger partial charge on any atom is -0.380 e. The smallest absolute Gasteiger partial charge is 0.0591 e. The Bertz CT molecular complexity index is 98.9. The highest BCUT2D eigenvalue weighted by Crippen LogP contribution is 1.93. The maximum atomic E-state index is 5.44. The Balaban J connectivity index is 2.84. The summed E-state index contributed by atoms with van der Waals surface area (Å²) in [4.78, 5) is 0. The molecule has 80 valence electrons. The van der Waals surface area contributed by atoms with Crippen molar-refractivity contribution < 1.29 is 4.74 Å². The summed E-state index contributed by atoms with van der Waals surface area (Å²) in [6, 6.07) is 0. The minimum atomic E-state index is 0.652. The standard InChI is InChI=1S/C10H22INO/c1-10(2)9-13-8-7-12-6-4-3-5-11/h10,12H,3-9H2,1-2H3. The number of hydrogen-bond donors (Lipinski definition) is 1. The Morgan fingerprint density at radius 1 is 1.23 bits per heavy atom. The highest BCUT2D eigenvalue weighted by Gasteiger charge is 1.93. The number of hydrogen-bond acceptors (Lipinski definition) is 2. The monoisotopic (exact) mass is 299 g/mol. The molecule has 0 saturated heterocycles. The Kier molecular flexibility index (Phi) is 11.3. The topological polar surface area (TPSA) is 21.3 Å². The van der Waals surface area contributed by atoms with E-state index in [1.165, 1.54) is 17.3 Å². The fourth-order valence-electron chi connectivity index (χ4n) is 0.933. The largest absolute Gasteiger partial charge is 0.380 e. The summed E-state index contributed by atoms with van der Waals surface area (Å²) >= 11 is 2.42. The number of nitrogens with one attached hydrogen (secondary N) is 1. The molecular formula is C10H22INO. The molecular weight excluding hydrogens is 277 g/mol. The summed E-state index contributed by atoms with van der Waals surface area (Å²) in [5, 5.41) is 3.37. The molecule has 3 heteroatoms. The van der Waals surface area contributed by atoms with Gasteiger partial charge in [-0.15, -0.1) is 0 Å². The van der Waals surface area contributed by atoms with E-state index in [1.807, 2.05) is 0 Å². The van der Waals surface area contributed by atoms with E-state index in [-0.39, 0.29) is 0 Å². The van der Waals surface area contributed by atoms with Crippen molar-refractivity contribution in [3.63, 3.8) is 0 Å². The van der Waals surface area contributed by atoms with Gasteiger partial charge in [0.2, 0.25) is 0 Å². The molecule has 0 fully saturated rings. The zero-order valence-electron chi connectivity index (χ0n) is 8.81. The summed E-state index contributed by atoms with van der Waals surface area (Å²) in [6.45, 7) is 8.21. The van der Waals surface area contributed by atoms with Crippen LogP contribution in [0, 0.1) is 5.92 Å². The maximum absolute atomic E-state index is 5.44. The first kappa shape index (κ1) is 13.7. The summed E-state index contributed by atoms with van der Waals surface area (Å²) in [5.74, 6) is 0.652. The van der Waals surface area contributed by atoms with Crippen molar-refractivity contribution in [3.8, 4) is 0 Å². The van der Waals surface area contributed by atoms with Crippen LogP contribution in [0.15, 0.2) is 0 Å². The molecule has 0 unspecified atom stereocenters. The van der Waals surface area contributed by atoms with Crippen LogP contribution in [0.2, 0.25) is 0 Å². The van der Waals surface area contributed by atoms with E-state index >= 15 is 0 Å². The number of unbranched alkanes of at least 4 members (excludes halogenated alkanes) is 1. The van der Waals surface area contributed by atoms with E-state index in [0.29, 0.717) is 5.92 Å². The molecule has 0 aliphatic rings. The van der Waals surface area contributed by atoms with Gasteiger partial charge in [-0.05, 0) is 29.7 Å². The molecule has 0 radical (unpaired) electrons. The van der Waals surface area contributed by atoms with Crippen LogP contribution >= 0.6 is 22.6 Å². The highest BCUT2D eigenvalue weighted by molar-refractivity contribution is 14.1. The average molecular weight is 299 g/mol. The molecule has 0 aromatic carbocycles. The van der Waals surface area contributed by atoms with E-state index in [2.05, 4.69) is 41.8 Å². The van der Waals surface area contributed by atoms with Crippen LogP contribution in [0.1, 0.15) is 26.7 Å². The molecule has 1 N–H and O–H groups in total. The zero-order chi connectivity index (χ0) is 9.94. The Hall–Kier alpha value is 0.650. The quantitative estimate of drug-likeness (QED) is 0.401. The lowest BCUT2D eigenvalue weighted by atomic mass is 10.2. The second-order valence-electron chi connectivity index (χ2n) is 3.61. The van der Waals surface area contributed by atoms with E-state index in [4.69, 9.17) is 4.74 Å². The fraction of sp³-hybridized carbons (Fsp3) is 1.00. The third-order valence-electron chi connectivity index (χ3n) is 1.61. The van der Waals surface area contributed by atoms with Crippen LogP contribution in [-0.2, 0) is 4.74 Å². The SMILES string of the molecule is CC(C)COCCNCCCCI. The van der Waals surface area contributed by atoms with Gasteiger partial charge in [0.15, 0.2) is 0 Å². The molecule has 0 heterocycles. The van der Waals surface area contributed by atoms with E-state index < -0.39 is 0 Å². The minimum absolute atomic E-state index is 0.652. The second-order valence-corrected chi connectivity index (χ2v) is 4.69. The molecule has 0 bridgehead atoms. The van der Waals surface area contributed by atoms with Gasteiger partial charge < -0.3 is 10.1 Å². The average Bonchev–Trinajstić information content (AvgIpc) is 2.09. The molecule has 0 rings (SSSR count). The summed E-state index contributed by atoms with van der Waals surface area (Å²) in [6.07, 6.45) is 2.60. The first-order valence-corrected chi connectivity index (χ1v) is 6.64. The molecule has 0 aliphatic carbocycles. The van der Waals surface area contributed by atoms with Crippen LogP contribution < -0.4 is 5.32 Å². The van der Waals surface area contributed by atoms with Crippen LogP contribution in [0.5, 0.6) is 0 Å². The van der Waals surface area contributed by atoms with Gasteiger partial charge in [0.25, 0.3) is 0 Å². The molecule has 0 atom stereocenters. The zero-order valence-corrected chi connectivity index (χ0v) is 11.0. The molecule has 2 nitrogen and oxygen atoms in total. The van der Waals surface area contributed by atoms with Gasteiger partial charge in [-0.1, -0.05) is 36.4 Å². The van der Waals surface area contributed by atoms with Crippen molar-refractivity contribution in [3.05, 3.63) is 0 Å². The Morgan fingerprint density at radius 3 is 2.62 bits per heavy atom. The van der Waals surface area contributed by atoms with Gasteiger partial charge >= 0.3 is 0 Å². The first-order valence-electron chi connectivity index (χ1n) is 5.11. The highest BCUT2D eigenvalue weighted by atomic mass is 127. The number of rotatable bonds is 9. The van der Waals surface area contributed by atoms with Crippen LogP contribution in [0.3, 0.4) is 0 Å². The van der Waals surface area contributed by atoms with Gasteiger partial charge in [0, 0.05) is 13.2 Å². The second kappa shape index (κ2) is 10.7. The maximum Gasteiger partial charge on any atom is 0.0591 e. The Labute approximate surface area is 95.9 Å². The third-order valence-corrected chi connectivity index (χ3v) is 2.37. The number of ether oxygens (including phenoxy) is 1. The lowest BCUT2D eigenvalue weighted by Gasteiger charge is -2.07. The van der Waals surface area contributed by atoms with Crippen molar-refractivity contribution in [2.75, 3.05) is 30.7 Å². The van der Waals surface area contributed by atoms with Crippen molar-refractivity contribution in [2.24, 2.45) is 5.92 Å². The van der Waals surface area contributed by atoms with Gasteiger partial charge in [0.05, 0.1) is 6.61 Å². The lowest BCUT2D eigenvalue weighted by Crippen LogP contribution is -2.21. The van der Waals surface area contributed by atoms with Gasteiger partial charge in [-0.3, -0.25) is 0 Å². The van der Waals surface area contributed by atoms with Crippen molar-refractivity contribution in [2.45, 2.75) is 26.7 Å². The Morgan fingerprint density at radius 2 is 2.00 bits per heavy atom. The molecule has 0 spiro atoms. The first-order chi connectivity index (χ1) is 6.27. The summed E-state index contributed by atoms with van der Waals surface area (Å²) in [5.41, 5.74) is 0. The number of alkyl halides is 1. The van der Waals surface area contributed by atoms with Gasteiger partial charge in [0.1, 0.15) is 0 Å². The van der Waals surface area contributed by atoms with Crippen LogP contribution in [0.4, 0.5) is 0 Å². The summed E-state index contributed by atoms with van der Waals surface area (Å²) < 4.78 is 6.70. The van der Waals surface area contributed by atoms with E-state index in [0.717, 1.165) is 26.3 Å². The predicted molar refractivity (Wildman–Crippen MR) is 66.6 cm³/mol. The molecule has 0 aromatic rings. The van der Waals surface area contributed by atoms with E-state index in [1.54, 1.807) is 0 Å². The van der Waals surface area contributed by atoms with Crippen molar-refractivity contribution in [1.82, 2.24) is 5.32 Å². The van der Waals surface area contributed by atoms with Gasteiger partial charge in [-0.25, -0.2) is 0 Å². The fourth-order valence-corrected chi connectivity index (χ4v) is 1.47. The number of halogens is 1. The molecule has 0 amide bonds. The van der Waals surface area contributed by atoms with E-state index in [9.17, 15) is 0 Å². The van der Waals surface area contributed by atoms with Gasteiger partial charge in [-0.2, -0.15) is 0 Å². The molecule has 13 heavy (non-hydrogen) atoms. The van der Waals surface area contributed by atoms with Crippen molar-refractivity contribution >= 4 is 22.6 Å². The molecule has 0 saturated carbocycles. The third kappa shape index (κ3) is 12.6. The van der Waals surface area contributed by atoms with Crippen LogP contribution in [-0.4, -0.2) is 30.7 Å². The predicted octanol–water partition coefficient (Wildman–Crippen LogP) is 2.46. The molecule has 0 aromatic heterocycles. The molecule has 0 aliphatic heterocycles. The lowest BCUT2D eigenvalue weighted by molar-refractivity contribution is 0.112. The van der Waals surface area contributed by atoms with Crippen LogP contribution in [0.25, 0.3) is 0 Å². The summed E-state index contributed by atoms with van der Waals surface area (Å²) in [7, 11) is 0. The normalized spacial score (nSPS) is 11.1.